The second-order valence-electron chi connectivity index (χ2n) is 6.18. The molecule has 0 spiro atoms. The van der Waals surface area contributed by atoms with E-state index in [4.69, 9.17) is 4.74 Å². The molecule has 1 amide bonds. The summed E-state index contributed by atoms with van der Waals surface area (Å²) in [5, 5.41) is 0. The van der Waals surface area contributed by atoms with Gasteiger partial charge in [-0.05, 0) is 37.8 Å². The molecule has 2 saturated heterocycles. The molecular formula is C17H26N2O2S. The van der Waals surface area contributed by atoms with Crippen molar-refractivity contribution in [2.45, 2.75) is 45.3 Å². The SMILES string of the molecule is CCc1ccc(CN2CCN(C(=O)C3CCCCO3)CC2)s1. The average Bonchev–Trinajstić information content (AvgIpc) is 3.03. The molecule has 1 aromatic heterocycles. The molecule has 0 bridgehead atoms. The van der Waals surface area contributed by atoms with E-state index in [9.17, 15) is 4.79 Å². The maximum atomic E-state index is 12.4. The van der Waals surface area contributed by atoms with E-state index in [0.29, 0.717) is 0 Å². The molecule has 0 aromatic carbocycles. The van der Waals surface area contributed by atoms with E-state index in [-0.39, 0.29) is 12.0 Å². The summed E-state index contributed by atoms with van der Waals surface area (Å²) in [4.78, 5) is 19.8. The highest BCUT2D eigenvalue weighted by atomic mass is 32.1. The van der Waals surface area contributed by atoms with E-state index in [2.05, 4.69) is 24.0 Å². The minimum absolute atomic E-state index is 0.176. The minimum Gasteiger partial charge on any atom is -0.368 e. The number of carbonyl (C=O) groups excluding carboxylic acids is 1. The van der Waals surface area contributed by atoms with Gasteiger partial charge >= 0.3 is 0 Å². The third-order valence-corrected chi connectivity index (χ3v) is 5.80. The van der Waals surface area contributed by atoms with Crippen LogP contribution in [0.5, 0.6) is 0 Å². The maximum Gasteiger partial charge on any atom is 0.251 e. The Morgan fingerprint density at radius 2 is 2.00 bits per heavy atom. The molecule has 4 nitrogen and oxygen atoms in total. The van der Waals surface area contributed by atoms with Crippen LogP contribution in [-0.4, -0.2) is 54.6 Å². The molecule has 3 heterocycles. The van der Waals surface area contributed by atoms with Gasteiger partial charge in [0.15, 0.2) is 0 Å². The zero-order valence-corrected chi connectivity index (χ0v) is 14.2. The van der Waals surface area contributed by atoms with Crippen molar-refractivity contribution in [3.05, 3.63) is 21.9 Å². The van der Waals surface area contributed by atoms with Crippen LogP contribution in [0.3, 0.4) is 0 Å². The van der Waals surface area contributed by atoms with Gasteiger partial charge in [0.1, 0.15) is 6.10 Å². The molecule has 1 aromatic rings. The van der Waals surface area contributed by atoms with Crippen LogP contribution in [0, 0.1) is 0 Å². The fourth-order valence-electron chi connectivity index (χ4n) is 3.18. The van der Waals surface area contributed by atoms with E-state index in [1.165, 1.54) is 9.75 Å². The lowest BCUT2D eigenvalue weighted by Crippen LogP contribution is -2.51. The normalized spacial score (nSPS) is 23.7. The summed E-state index contributed by atoms with van der Waals surface area (Å²) in [6, 6.07) is 4.48. The van der Waals surface area contributed by atoms with Crippen LogP contribution >= 0.6 is 11.3 Å². The summed E-state index contributed by atoms with van der Waals surface area (Å²) in [7, 11) is 0. The van der Waals surface area contributed by atoms with Gasteiger partial charge in [0.25, 0.3) is 5.91 Å². The summed E-state index contributed by atoms with van der Waals surface area (Å²) in [6.07, 6.45) is 4.05. The lowest BCUT2D eigenvalue weighted by molar-refractivity contribution is -0.148. The number of rotatable bonds is 4. The van der Waals surface area contributed by atoms with E-state index < -0.39 is 0 Å². The van der Waals surface area contributed by atoms with Gasteiger partial charge in [-0.2, -0.15) is 0 Å². The molecule has 0 aliphatic carbocycles. The van der Waals surface area contributed by atoms with Crippen LogP contribution in [0.4, 0.5) is 0 Å². The molecule has 1 unspecified atom stereocenters. The van der Waals surface area contributed by atoms with Crippen molar-refractivity contribution < 1.29 is 9.53 Å². The van der Waals surface area contributed by atoms with Gasteiger partial charge in [-0.15, -0.1) is 11.3 Å². The standard InChI is InChI=1S/C17H26N2O2S/c1-2-14-6-7-15(22-14)13-18-8-10-19(11-9-18)17(20)16-5-3-4-12-21-16/h6-7,16H,2-5,8-13H2,1H3. The number of piperazine rings is 1. The Labute approximate surface area is 137 Å². The second kappa shape index (κ2) is 7.57. The first-order valence-corrected chi connectivity index (χ1v) is 9.28. The molecule has 22 heavy (non-hydrogen) atoms. The summed E-state index contributed by atoms with van der Waals surface area (Å²) < 4.78 is 5.63. The highest BCUT2D eigenvalue weighted by Gasteiger charge is 2.29. The van der Waals surface area contributed by atoms with Crippen molar-refractivity contribution in [3.63, 3.8) is 0 Å². The Bertz CT molecular complexity index is 489. The van der Waals surface area contributed by atoms with Crippen molar-refractivity contribution >= 4 is 17.2 Å². The van der Waals surface area contributed by atoms with Crippen molar-refractivity contribution in [2.24, 2.45) is 0 Å². The molecular weight excluding hydrogens is 296 g/mol. The van der Waals surface area contributed by atoms with Crippen LogP contribution < -0.4 is 0 Å². The number of aryl methyl sites for hydroxylation is 1. The van der Waals surface area contributed by atoms with E-state index in [0.717, 1.165) is 65.0 Å². The van der Waals surface area contributed by atoms with E-state index >= 15 is 0 Å². The molecule has 5 heteroatoms. The van der Waals surface area contributed by atoms with Crippen molar-refractivity contribution in [3.8, 4) is 0 Å². The molecule has 2 aliphatic rings. The number of hydrogen-bond donors (Lipinski definition) is 0. The number of thiophene rings is 1. The van der Waals surface area contributed by atoms with Gasteiger partial charge in [-0.3, -0.25) is 9.69 Å². The zero-order chi connectivity index (χ0) is 15.4. The molecule has 122 valence electrons. The molecule has 0 saturated carbocycles. The fraction of sp³-hybridized carbons (Fsp3) is 0.706. The number of amides is 1. The Balaban J connectivity index is 1.46. The number of nitrogens with zero attached hydrogens (tertiary/aromatic N) is 2. The first-order chi connectivity index (χ1) is 10.8. The van der Waals surface area contributed by atoms with Gasteiger partial charge in [-0.1, -0.05) is 6.92 Å². The molecule has 1 atom stereocenters. The summed E-state index contributed by atoms with van der Waals surface area (Å²) in [5.74, 6) is 0.212. The van der Waals surface area contributed by atoms with Crippen LogP contribution in [0.2, 0.25) is 0 Å². The van der Waals surface area contributed by atoms with Gasteiger partial charge in [-0.25, -0.2) is 0 Å². The smallest absolute Gasteiger partial charge is 0.251 e. The second-order valence-corrected chi connectivity index (χ2v) is 7.43. The summed E-state index contributed by atoms with van der Waals surface area (Å²) in [6.45, 7) is 7.58. The summed E-state index contributed by atoms with van der Waals surface area (Å²) in [5.41, 5.74) is 0. The van der Waals surface area contributed by atoms with Gasteiger partial charge in [0, 0.05) is 49.1 Å². The van der Waals surface area contributed by atoms with E-state index in [1.807, 2.05) is 16.2 Å². The van der Waals surface area contributed by atoms with Gasteiger partial charge in [0.2, 0.25) is 0 Å². The van der Waals surface area contributed by atoms with Crippen LogP contribution in [0.25, 0.3) is 0 Å². The quantitative estimate of drug-likeness (QED) is 0.854. The first kappa shape index (κ1) is 16.0. The van der Waals surface area contributed by atoms with Crippen molar-refractivity contribution in [1.29, 1.82) is 0 Å². The predicted molar refractivity (Wildman–Crippen MR) is 89.1 cm³/mol. The molecule has 2 fully saturated rings. The Morgan fingerprint density at radius 1 is 1.23 bits per heavy atom. The zero-order valence-electron chi connectivity index (χ0n) is 13.4. The third-order valence-electron chi connectivity index (χ3n) is 4.58. The Kier molecular flexibility index (Phi) is 5.50. The summed E-state index contributed by atoms with van der Waals surface area (Å²) >= 11 is 1.91. The molecule has 3 rings (SSSR count). The highest BCUT2D eigenvalue weighted by Crippen LogP contribution is 2.20. The lowest BCUT2D eigenvalue weighted by atomic mass is 10.1. The van der Waals surface area contributed by atoms with Gasteiger partial charge < -0.3 is 9.64 Å². The van der Waals surface area contributed by atoms with Crippen LogP contribution in [-0.2, 0) is 22.5 Å². The fourth-order valence-corrected chi connectivity index (χ4v) is 4.18. The largest absolute Gasteiger partial charge is 0.368 e. The Hall–Kier alpha value is -0.910. The minimum atomic E-state index is -0.176. The number of hydrogen-bond acceptors (Lipinski definition) is 4. The lowest BCUT2D eigenvalue weighted by Gasteiger charge is -2.36. The van der Waals surface area contributed by atoms with Crippen molar-refractivity contribution in [1.82, 2.24) is 9.80 Å². The van der Waals surface area contributed by atoms with E-state index in [1.54, 1.807) is 0 Å². The van der Waals surface area contributed by atoms with Crippen LogP contribution in [0.1, 0.15) is 35.9 Å². The predicted octanol–water partition coefficient (Wildman–Crippen LogP) is 2.52. The number of ether oxygens (including phenoxy) is 1. The molecule has 0 N–H and O–H groups in total. The molecule has 0 radical (unpaired) electrons. The molecule has 2 aliphatic heterocycles. The van der Waals surface area contributed by atoms with Crippen molar-refractivity contribution in [2.75, 3.05) is 32.8 Å². The monoisotopic (exact) mass is 322 g/mol. The third kappa shape index (κ3) is 3.89. The topological polar surface area (TPSA) is 32.8 Å². The first-order valence-electron chi connectivity index (χ1n) is 8.46. The van der Waals surface area contributed by atoms with Gasteiger partial charge in [0.05, 0.1) is 0 Å². The Morgan fingerprint density at radius 3 is 2.64 bits per heavy atom. The average molecular weight is 322 g/mol. The maximum absolute atomic E-state index is 12.4. The number of carbonyl (C=O) groups is 1. The highest BCUT2D eigenvalue weighted by molar-refractivity contribution is 7.11. The van der Waals surface area contributed by atoms with Crippen LogP contribution in [0.15, 0.2) is 12.1 Å².